The van der Waals surface area contributed by atoms with Crippen molar-refractivity contribution in [2.45, 2.75) is 46.0 Å². The zero-order valence-corrected chi connectivity index (χ0v) is 21.9. The van der Waals surface area contributed by atoms with Crippen molar-refractivity contribution >= 4 is 17.2 Å². The predicted octanol–water partition coefficient (Wildman–Crippen LogP) is 9.09. The minimum absolute atomic E-state index is 0.0354. The van der Waals surface area contributed by atoms with Crippen molar-refractivity contribution in [3.8, 4) is 11.1 Å². The Morgan fingerprint density at radius 3 is 1.89 bits per heavy atom. The molecule has 1 N–H and O–H groups in total. The van der Waals surface area contributed by atoms with Crippen LogP contribution in [0.25, 0.3) is 16.7 Å². The summed E-state index contributed by atoms with van der Waals surface area (Å²) >= 11 is 0. The molecule has 4 aromatic rings. The lowest BCUT2D eigenvalue weighted by Crippen LogP contribution is -2.17. The summed E-state index contributed by atoms with van der Waals surface area (Å²) in [7, 11) is 0. The molecule has 0 heterocycles. The van der Waals surface area contributed by atoms with E-state index in [4.69, 9.17) is 0 Å². The van der Waals surface area contributed by atoms with Crippen molar-refractivity contribution in [1.29, 1.82) is 0 Å². The molecular formula is C34H35NO. The highest BCUT2D eigenvalue weighted by Crippen LogP contribution is 2.39. The van der Waals surface area contributed by atoms with Crippen LogP contribution in [-0.4, -0.2) is 5.91 Å². The lowest BCUT2D eigenvalue weighted by atomic mass is 9.86. The largest absolute Gasteiger partial charge is 0.321 e. The van der Waals surface area contributed by atoms with Crippen LogP contribution in [0.2, 0.25) is 0 Å². The maximum Gasteiger partial charge on any atom is 0.255 e. The molecule has 1 amide bonds. The first-order chi connectivity index (χ1) is 17.1. The van der Waals surface area contributed by atoms with E-state index >= 15 is 0 Å². The number of carbonyl (C=O) groups is 1. The first-order valence-electron chi connectivity index (χ1n) is 12.5. The van der Waals surface area contributed by atoms with E-state index in [9.17, 15) is 4.79 Å². The first-order valence-corrected chi connectivity index (χ1v) is 12.5. The summed E-state index contributed by atoms with van der Waals surface area (Å²) in [6.07, 6.45) is 0. The number of benzene rings is 4. The average Bonchev–Trinajstić information content (AvgIpc) is 2.88. The number of nitrogens with one attached hydrogen (secondary N) is 1. The van der Waals surface area contributed by atoms with Gasteiger partial charge in [0.25, 0.3) is 5.91 Å². The molecule has 0 radical (unpaired) electrons. The Balaban J connectivity index is 1.82. The Labute approximate surface area is 215 Å². The summed E-state index contributed by atoms with van der Waals surface area (Å²) in [5.41, 5.74) is 8.88. The van der Waals surface area contributed by atoms with Crippen LogP contribution in [0.15, 0.2) is 104 Å². The third kappa shape index (κ3) is 5.49. The van der Waals surface area contributed by atoms with Crippen LogP contribution in [0.3, 0.4) is 0 Å². The minimum atomic E-state index is -0.119. The Morgan fingerprint density at radius 2 is 1.33 bits per heavy atom. The fourth-order valence-corrected chi connectivity index (χ4v) is 4.40. The van der Waals surface area contributed by atoms with Gasteiger partial charge in [-0.3, -0.25) is 4.79 Å². The van der Waals surface area contributed by atoms with E-state index in [0.717, 1.165) is 39.1 Å². The number of anilines is 1. The van der Waals surface area contributed by atoms with Crippen LogP contribution < -0.4 is 5.32 Å². The molecule has 4 rings (SSSR count). The fourth-order valence-electron chi connectivity index (χ4n) is 4.40. The molecule has 0 aromatic heterocycles. The highest BCUT2D eigenvalue weighted by Gasteiger charge is 2.20. The van der Waals surface area contributed by atoms with Crippen molar-refractivity contribution < 1.29 is 4.79 Å². The van der Waals surface area contributed by atoms with E-state index in [0.29, 0.717) is 5.56 Å². The summed E-state index contributed by atoms with van der Waals surface area (Å²) in [6, 6.07) is 32.7. The SMILES string of the molecule is C=C(c1ccccc1)c1cc(-c2ccccc2)cc(C(C)C)c1NC(=O)c1ccc(C(C)(C)C)cc1. The van der Waals surface area contributed by atoms with Crippen molar-refractivity contribution in [1.82, 2.24) is 0 Å². The molecule has 0 saturated heterocycles. The van der Waals surface area contributed by atoms with Gasteiger partial charge in [0.05, 0.1) is 5.69 Å². The molecule has 0 aliphatic carbocycles. The lowest BCUT2D eigenvalue weighted by molar-refractivity contribution is 0.102. The van der Waals surface area contributed by atoms with Crippen LogP contribution in [0.4, 0.5) is 5.69 Å². The summed E-state index contributed by atoms with van der Waals surface area (Å²) < 4.78 is 0. The van der Waals surface area contributed by atoms with Crippen molar-refractivity contribution in [3.63, 3.8) is 0 Å². The van der Waals surface area contributed by atoms with Gasteiger partial charge in [-0.05, 0) is 69.0 Å². The molecule has 182 valence electrons. The molecule has 2 nitrogen and oxygen atoms in total. The topological polar surface area (TPSA) is 29.1 Å². The Hall–Kier alpha value is -3.91. The van der Waals surface area contributed by atoms with Crippen molar-refractivity contribution in [2.75, 3.05) is 5.32 Å². The molecule has 36 heavy (non-hydrogen) atoms. The van der Waals surface area contributed by atoms with E-state index in [1.54, 1.807) is 0 Å². The summed E-state index contributed by atoms with van der Waals surface area (Å²) in [6.45, 7) is 15.3. The van der Waals surface area contributed by atoms with Gasteiger partial charge in [-0.25, -0.2) is 0 Å². The molecule has 0 saturated carbocycles. The average molecular weight is 474 g/mol. The highest BCUT2D eigenvalue weighted by atomic mass is 16.1. The zero-order chi connectivity index (χ0) is 25.9. The normalized spacial score (nSPS) is 11.4. The van der Waals surface area contributed by atoms with Gasteiger partial charge >= 0.3 is 0 Å². The number of hydrogen-bond donors (Lipinski definition) is 1. The van der Waals surface area contributed by atoms with E-state index in [2.05, 4.69) is 82.9 Å². The van der Waals surface area contributed by atoms with Gasteiger partial charge in [-0.15, -0.1) is 0 Å². The molecule has 2 heteroatoms. The summed E-state index contributed by atoms with van der Waals surface area (Å²) in [5.74, 6) is 0.0847. The summed E-state index contributed by atoms with van der Waals surface area (Å²) in [4.78, 5) is 13.5. The number of hydrogen-bond acceptors (Lipinski definition) is 1. The monoisotopic (exact) mass is 473 g/mol. The second kappa shape index (κ2) is 10.4. The fraction of sp³-hybridized carbons (Fsp3) is 0.206. The summed E-state index contributed by atoms with van der Waals surface area (Å²) in [5, 5.41) is 3.26. The van der Waals surface area contributed by atoms with Crippen LogP contribution >= 0.6 is 0 Å². The van der Waals surface area contributed by atoms with Crippen molar-refractivity contribution in [2.24, 2.45) is 0 Å². The van der Waals surface area contributed by atoms with Gasteiger partial charge in [0.15, 0.2) is 0 Å². The van der Waals surface area contributed by atoms with E-state index in [1.165, 1.54) is 5.56 Å². The molecule has 0 bridgehead atoms. The molecule has 0 atom stereocenters. The molecular weight excluding hydrogens is 438 g/mol. The van der Waals surface area contributed by atoms with E-state index in [-0.39, 0.29) is 17.2 Å². The van der Waals surface area contributed by atoms with Gasteiger partial charge in [0, 0.05) is 11.1 Å². The third-order valence-corrected chi connectivity index (χ3v) is 6.60. The van der Waals surface area contributed by atoms with Gasteiger partial charge in [0.1, 0.15) is 0 Å². The smallest absolute Gasteiger partial charge is 0.255 e. The van der Waals surface area contributed by atoms with Crippen LogP contribution in [0.5, 0.6) is 0 Å². The Morgan fingerprint density at radius 1 is 0.750 bits per heavy atom. The molecule has 4 aromatic carbocycles. The van der Waals surface area contributed by atoms with E-state index in [1.807, 2.05) is 60.7 Å². The maximum atomic E-state index is 13.5. The van der Waals surface area contributed by atoms with Gasteiger partial charge in [-0.2, -0.15) is 0 Å². The van der Waals surface area contributed by atoms with Crippen LogP contribution in [0.1, 0.15) is 73.1 Å². The Kier molecular flexibility index (Phi) is 7.26. The highest BCUT2D eigenvalue weighted by molar-refractivity contribution is 6.07. The van der Waals surface area contributed by atoms with E-state index < -0.39 is 0 Å². The number of amides is 1. The van der Waals surface area contributed by atoms with Crippen LogP contribution in [0, 0.1) is 0 Å². The molecule has 0 unspecified atom stereocenters. The number of rotatable bonds is 6. The third-order valence-electron chi connectivity index (χ3n) is 6.60. The molecule has 0 spiro atoms. The zero-order valence-electron chi connectivity index (χ0n) is 21.9. The number of carbonyl (C=O) groups excluding carboxylic acids is 1. The van der Waals surface area contributed by atoms with Gasteiger partial charge in [-0.1, -0.05) is 114 Å². The standard InChI is InChI=1S/C34H35NO/c1-23(2)30-21-28(26-15-11-8-12-16-26)22-31(24(3)25-13-9-7-10-14-25)32(30)35-33(36)27-17-19-29(20-18-27)34(4,5)6/h7-23H,3H2,1-2,4-6H3,(H,35,36). The second-order valence-electron chi connectivity index (χ2n) is 10.6. The molecule has 0 fully saturated rings. The van der Waals surface area contributed by atoms with Crippen LogP contribution in [-0.2, 0) is 5.41 Å². The van der Waals surface area contributed by atoms with Gasteiger partial charge < -0.3 is 5.32 Å². The first kappa shape index (κ1) is 25.2. The second-order valence-corrected chi connectivity index (χ2v) is 10.6. The molecule has 0 aliphatic heterocycles. The maximum absolute atomic E-state index is 13.5. The van der Waals surface area contributed by atoms with Crippen molar-refractivity contribution in [3.05, 3.63) is 131 Å². The molecule has 0 aliphatic rings. The predicted molar refractivity (Wildman–Crippen MR) is 154 cm³/mol. The Bertz CT molecular complexity index is 1360. The quantitative estimate of drug-likeness (QED) is 0.297. The minimum Gasteiger partial charge on any atom is -0.321 e. The van der Waals surface area contributed by atoms with Gasteiger partial charge in [0.2, 0.25) is 0 Å². The lowest BCUT2D eigenvalue weighted by Gasteiger charge is -2.22.